The van der Waals surface area contributed by atoms with Crippen LogP contribution in [0.1, 0.15) is 51.4 Å². The molecule has 5 fully saturated rings. The predicted octanol–water partition coefficient (Wildman–Crippen LogP) is 4.61. The van der Waals surface area contributed by atoms with Crippen LogP contribution in [0.25, 0.3) is 0 Å². The first kappa shape index (κ1) is 19.9. The van der Waals surface area contributed by atoms with Crippen molar-refractivity contribution in [2.75, 3.05) is 32.0 Å². The highest BCUT2D eigenvalue weighted by Gasteiger charge is 2.51. The lowest BCUT2D eigenvalue weighted by Crippen LogP contribution is -2.52. The van der Waals surface area contributed by atoms with Gasteiger partial charge in [0.25, 0.3) is 0 Å². The molecular formula is C25H35N3O2. The van der Waals surface area contributed by atoms with Crippen molar-refractivity contribution in [2.45, 2.75) is 51.4 Å². The van der Waals surface area contributed by atoms with Crippen molar-refractivity contribution in [2.24, 2.45) is 29.1 Å². The molecule has 0 aromatic heterocycles. The fourth-order valence-electron chi connectivity index (χ4n) is 7.43. The smallest absolute Gasteiger partial charge is 0.321 e. The third-order valence-electron chi connectivity index (χ3n) is 8.27. The Kier molecular flexibility index (Phi) is 5.24. The Balaban J connectivity index is 1.13. The summed E-state index contributed by atoms with van der Waals surface area (Å²) in [5.41, 5.74) is 1.21. The van der Waals surface area contributed by atoms with E-state index in [4.69, 9.17) is 0 Å². The molecular weight excluding hydrogens is 374 g/mol. The van der Waals surface area contributed by atoms with Crippen molar-refractivity contribution in [1.29, 1.82) is 0 Å². The number of rotatable bonds is 4. The summed E-state index contributed by atoms with van der Waals surface area (Å²) in [6, 6.07) is 9.50. The Morgan fingerprint density at radius 1 is 1.00 bits per heavy atom. The van der Waals surface area contributed by atoms with Gasteiger partial charge in [-0.05, 0) is 86.7 Å². The molecule has 5 nitrogen and oxygen atoms in total. The van der Waals surface area contributed by atoms with Crippen LogP contribution in [0.5, 0.6) is 0 Å². The van der Waals surface area contributed by atoms with Gasteiger partial charge in [0.05, 0.1) is 0 Å². The number of anilines is 1. The minimum absolute atomic E-state index is 0.0599. The van der Waals surface area contributed by atoms with Gasteiger partial charge in [-0.1, -0.05) is 18.2 Å². The largest absolute Gasteiger partial charge is 0.345 e. The average Bonchev–Trinajstić information content (AvgIpc) is 2.72. The zero-order valence-electron chi connectivity index (χ0n) is 18.2. The molecule has 1 aliphatic heterocycles. The summed E-state index contributed by atoms with van der Waals surface area (Å²) in [6.07, 6.45) is 9.90. The SMILES string of the molecule is CN(CC12CC3CC(CC(C3)C1)C2)C(=O)C1CCN(C(=O)Nc2ccccc2)CC1. The zero-order chi connectivity index (χ0) is 20.7. The van der Waals surface area contributed by atoms with Crippen molar-refractivity contribution in [3.05, 3.63) is 30.3 Å². The summed E-state index contributed by atoms with van der Waals surface area (Å²) in [4.78, 5) is 29.6. The second-order valence-corrected chi connectivity index (χ2v) is 10.7. The topological polar surface area (TPSA) is 52.7 Å². The van der Waals surface area contributed by atoms with E-state index in [1.54, 1.807) is 0 Å². The van der Waals surface area contributed by atoms with Gasteiger partial charge >= 0.3 is 6.03 Å². The lowest BCUT2D eigenvalue weighted by atomic mass is 9.49. The molecule has 1 N–H and O–H groups in total. The number of likely N-dealkylation sites (tertiary alicyclic amines) is 1. The molecule has 0 radical (unpaired) electrons. The van der Waals surface area contributed by atoms with Gasteiger partial charge in [-0.25, -0.2) is 4.79 Å². The molecule has 4 aliphatic carbocycles. The van der Waals surface area contributed by atoms with Gasteiger partial charge < -0.3 is 15.1 Å². The first-order valence-electron chi connectivity index (χ1n) is 11.9. The van der Waals surface area contributed by atoms with Gasteiger partial charge in [0.2, 0.25) is 5.91 Å². The first-order chi connectivity index (χ1) is 14.5. The van der Waals surface area contributed by atoms with E-state index in [9.17, 15) is 9.59 Å². The second-order valence-electron chi connectivity index (χ2n) is 10.7. The summed E-state index contributed by atoms with van der Waals surface area (Å²) >= 11 is 0. The molecule has 1 heterocycles. The Bertz CT molecular complexity index is 750. The molecule has 0 unspecified atom stereocenters. The predicted molar refractivity (Wildman–Crippen MR) is 118 cm³/mol. The summed E-state index contributed by atoms with van der Waals surface area (Å²) in [7, 11) is 2.02. The van der Waals surface area contributed by atoms with E-state index in [2.05, 4.69) is 10.2 Å². The Morgan fingerprint density at radius 2 is 1.57 bits per heavy atom. The van der Waals surface area contributed by atoms with Crippen molar-refractivity contribution in [3.63, 3.8) is 0 Å². The fraction of sp³-hybridized carbons (Fsp3) is 0.680. The number of piperidine rings is 1. The monoisotopic (exact) mass is 409 g/mol. The number of hydrogen-bond donors (Lipinski definition) is 1. The number of carbonyl (C=O) groups excluding carboxylic acids is 2. The molecule has 3 amide bonds. The Morgan fingerprint density at radius 3 is 2.13 bits per heavy atom. The van der Waals surface area contributed by atoms with Crippen molar-refractivity contribution >= 4 is 17.6 Å². The minimum atomic E-state index is -0.0611. The third-order valence-corrected chi connectivity index (χ3v) is 8.27. The maximum atomic E-state index is 13.2. The standard InChI is InChI=1S/C25H35N3O2/c1-27(17-25-14-18-11-19(15-25)13-20(12-18)16-25)23(29)21-7-9-28(10-8-21)24(30)26-22-5-3-2-4-6-22/h2-6,18-21H,7-17H2,1H3,(H,26,30). The number of hydrogen-bond acceptors (Lipinski definition) is 2. The maximum Gasteiger partial charge on any atom is 0.321 e. The van der Waals surface area contributed by atoms with Crippen LogP contribution in [-0.2, 0) is 4.79 Å². The van der Waals surface area contributed by atoms with Crippen LogP contribution in [-0.4, -0.2) is 48.4 Å². The van der Waals surface area contributed by atoms with Gasteiger partial charge in [0.1, 0.15) is 0 Å². The fourth-order valence-corrected chi connectivity index (χ4v) is 7.43. The van der Waals surface area contributed by atoms with Crippen LogP contribution in [0, 0.1) is 29.1 Å². The summed E-state index contributed by atoms with van der Waals surface area (Å²) in [5.74, 6) is 3.13. The average molecular weight is 410 g/mol. The quantitative estimate of drug-likeness (QED) is 0.790. The van der Waals surface area contributed by atoms with E-state index < -0.39 is 0 Å². The molecule has 1 aromatic carbocycles. The van der Waals surface area contributed by atoms with Crippen LogP contribution < -0.4 is 5.32 Å². The molecule has 4 bridgehead atoms. The molecule has 1 saturated heterocycles. The van der Waals surface area contributed by atoms with E-state index in [-0.39, 0.29) is 11.9 Å². The number of amides is 3. The van der Waals surface area contributed by atoms with E-state index in [1.165, 1.54) is 38.5 Å². The van der Waals surface area contributed by atoms with Crippen molar-refractivity contribution in [3.8, 4) is 0 Å². The Labute approximate surface area is 180 Å². The zero-order valence-corrected chi connectivity index (χ0v) is 18.2. The molecule has 30 heavy (non-hydrogen) atoms. The van der Waals surface area contributed by atoms with E-state index in [0.717, 1.165) is 42.8 Å². The highest BCUT2D eigenvalue weighted by atomic mass is 16.2. The Hall–Kier alpha value is -2.04. The summed E-state index contributed by atoms with van der Waals surface area (Å²) in [6.45, 7) is 2.25. The van der Waals surface area contributed by atoms with Crippen molar-refractivity contribution in [1.82, 2.24) is 9.80 Å². The molecule has 1 aromatic rings. The summed E-state index contributed by atoms with van der Waals surface area (Å²) < 4.78 is 0. The normalized spacial score (nSPS) is 32.8. The van der Waals surface area contributed by atoms with Gasteiger partial charge in [-0.2, -0.15) is 0 Å². The number of carbonyl (C=O) groups is 2. The lowest BCUT2D eigenvalue weighted by Gasteiger charge is -2.57. The van der Waals surface area contributed by atoms with Crippen LogP contribution in [0.3, 0.4) is 0 Å². The molecule has 6 rings (SSSR count). The minimum Gasteiger partial charge on any atom is -0.345 e. The van der Waals surface area contributed by atoms with Crippen LogP contribution in [0.2, 0.25) is 0 Å². The van der Waals surface area contributed by atoms with Crippen molar-refractivity contribution < 1.29 is 9.59 Å². The van der Waals surface area contributed by atoms with Gasteiger partial charge in [0, 0.05) is 38.3 Å². The summed E-state index contributed by atoms with van der Waals surface area (Å²) in [5, 5.41) is 2.96. The lowest BCUT2D eigenvalue weighted by molar-refractivity contribution is -0.140. The second kappa shape index (κ2) is 7.90. The third kappa shape index (κ3) is 3.95. The number of urea groups is 1. The molecule has 0 spiro atoms. The maximum absolute atomic E-state index is 13.2. The van der Waals surface area contributed by atoms with Crippen LogP contribution >= 0.6 is 0 Å². The molecule has 162 valence electrons. The van der Waals surface area contributed by atoms with E-state index in [1.807, 2.05) is 42.3 Å². The van der Waals surface area contributed by atoms with Crippen LogP contribution in [0.15, 0.2) is 30.3 Å². The molecule has 0 atom stereocenters. The molecule has 5 aliphatic rings. The number of nitrogens with one attached hydrogen (secondary N) is 1. The number of nitrogens with zero attached hydrogens (tertiary/aromatic N) is 2. The first-order valence-corrected chi connectivity index (χ1v) is 11.9. The van der Waals surface area contributed by atoms with Gasteiger partial charge in [-0.15, -0.1) is 0 Å². The highest BCUT2D eigenvalue weighted by molar-refractivity contribution is 5.89. The highest BCUT2D eigenvalue weighted by Crippen LogP contribution is 2.60. The van der Waals surface area contributed by atoms with Gasteiger partial charge in [0.15, 0.2) is 0 Å². The van der Waals surface area contributed by atoms with Crippen LogP contribution in [0.4, 0.5) is 10.5 Å². The van der Waals surface area contributed by atoms with Gasteiger partial charge in [-0.3, -0.25) is 4.79 Å². The molecule has 5 heteroatoms. The number of benzene rings is 1. The molecule has 4 saturated carbocycles. The van der Waals surface area contributed by atoms with E-state index >= 15 is 0 Å². The number of para-hydroxylation sites is 1. The van der Waals surface area contributed by atoms with E-state index in [0.29, 0.717) is 24.4 Å².